The highest BCUT2D eigenvalue weighted by atomic mass is 16.6. The fraction of sp³-hybridized carbons (Fsp3) is 0.900. The highest BCUT2D eigenvalue weighted by Crippen LogP contribution is 2.12. The number of carbonyl (C=O) groups excluding carboxylic acids is 1. The van der Waals surface area contributed by atoms with Gasteiger partial charge in [0.05, 0.1) is 6.04 Å². The second kappa shape index (κ2) is 11.4. The summed E-state index contributed by atoms with van der Waals surface area (Å²) in [5.74, 6) is 0.947. The van der Waals surface area contributed by atoms with E-state index in [-0.39, 0.29) is 12.1 Å². The second-order valence-electron chi connectivity index (χ2n) is 8.59. The molecule has 1 saturated heterocycles. The number of hydrogen-bond acceptors (Lipinski definition) is 4. The van der Waals surface area contributed by atoms with Crippen LogP contribution in [0.4, 0.5) is 4.79 Å². The Morgan fingerprint density at radius 2 is 2.04 bits per heavy atom. The molecule has 0 aromatic rings. The molecular formula is C20H41N5O2. The minimum atomic E-state index is -0.470. The summed E-state index contributed by atoms with van der Waals surface area (Å²) in [4.78, 5) is 21.3. The zero-order valence-corrected chi connectivity index (χ0v) is 18.5. The molecule has 0 aromatic heterocycles. The summed E-state index contributed by atoms with van der Waals surface area (Å²) in [7, 11) is 2.17. The number of amides is 1. The Balaban J connectivity index is 2.43. The van der Waals surface area contributed by atoms with Crippen LogP contribution < -0.4 is 10.6 Å². The second-order valence-corrected chi connectivity index (χ2v) is 8.59. The van der Waals surface area contributed by atoms with Crippen LogP contribution in [0.2, 0.25) is 0 Å². The highest BCUT2D eigenvalue weighted by Gasteiger charge is 2.27. The summed E-state index contributed by atoms with van der Waals surface area (Å²) in [5.41, 5.74) is -0.470. The molecule has 1 atom stereocenters. The Morgan fingerprint density at radius 3 is 2.63 bits per heavy atom. The van der Waals surface area contributed by atoms with E-state index in [1.807, 2.05) is 20.8 Å². The van der Waals surface area contributed by atoms with Crippen LogP contribution in [0.25, 0.3) is 0 Å². The fourth-order valence-electron chi connectivity index (χ4n) is 2.89. The predicted octanol–water partition coefficient (Wildman–Crippen LogP) is 2.67. The van der Waals surface area contributed by atoms with Gasteiger partial charge in [-0.2, -0.15) is 0 Å². The maximum Gasteiger partial charge on any atom is 0.407 e. The molecule has 0 spiro atoms. The summed E-state index contributed by atoms with van der Waals surface area (Å²) in [6.07, 6.45) is 2.80. The highest BCUT2D eigenvalue weighted by molar-refractivity contribution is 5.80. The topological polar surface area (TPSA) is 69.2 Å². The van der Waals surface area contributed by atoms with Crippen LogP contribution in [0.3, 0.4) is 0 Å². The van der Waals surface area contributed by atoms with Gasteiger partial charge in [-0.15, -0.1) is 0 Å². The third-order valence-electron chi connectivity index (χ3n) is 4.61. The van der Waals surface area contributed by atoms with E-state index >= 15 is 0 Å². The van der Waals surface area contributed by atoms with Crippen molar-refractivity contribution in [2.24, 2.45) is 4.99 Å². The van der Waals surface area contributed by atoms with Crippen molar-refractivity contribution in [2.75, 3.05) is 39.8 Å². The molecule has 1 heterocycles. The van der Waals surface area contributed by atoms with Crippen LogP contribution in [0.5, 0.6) is 0 Å². The summed E-state index contributed by atoms with van der Waals surface area (Å²) < 4.78 is 5.35. The van der Waals surface area contributed by atoms with Gasteiger partial charge in [0.2, 0.25) is 0 Å². The predicted molar refractivity (Wildman–Crippen MR) is 112 cm³/mol. The minimum absolute atomic E-state index is 0.100. The smallest absolute Gasteiger partial charge is 0.407 e. The Kier molecular flexibility index (Phi) is 9.91. The molecule has 0 saturated carbocycles. The lowest BCUT2D eigenvalue weighted by molar-refractivity contribution is 0.0507. The average Bonchev–Trinajstić information content (AvgIpc) is 2.99. The zero-order valence-electron chi connectivity index (χ0n) is 18.5. The molecule has 1 fully saturated rings. The molecule has 2 N–H and O–H groups in total. The number of guanidine groups is 1. The van der Waals surface area contributed by atoms with Crippen LogP contribution in [-0.2, 0) is 4.74 Å². The van der Waals surface area contributed by atoms with Crippen molar-refractivity contribution in [1.29, 1.82) is 0 Å². The van der Waals surface area contributed by atoms with Gasteiger partial charge >= 0.3 is 6.09 Å². The van der Waals surface area contributed by atoms with Crippen molar-refractivity contribution in [3.63, 3.8) is 0 Å². The largest absolute Gasteiger partial charge is 0.444 e. The zero-order chi connectivity index (χ0) is 20.4. The number of nitrogens with zero attached hydrogens (tertiary/aromatic N) is 3. The summed E-state index contributed by atoms with van der Waals surface area (Å²) in [6.45, 7) is 16.6. The molecule has 0 aliphatic carbocycles. The maximum atomic E-state index is 12.0. The number of alkyl carbamates (subject to hydrolysis) is 1. The van der Waals surface area contributed by atoms with E-state index in [0.717, 1.165) is 57.9 Å². The summed E-state index contributed by atoms with van der Waals surface area (Å²) in [5, 5.41) is 6.35. The number of rotatable bonds is 8. The maximum absolute atomic E-state index is 12.0. The summed E-state index contributed by atoms with van der Waals surface area (Å²) >= 11 is 0. The van der Waals surface area contributed by atoms with Crippen molar-refractivity contribution in [3.8, 4) is 0 Å². The quantitative estimate of drug-likeness (QED) is 0.383. The molecule has 158 valence electrons. The SMILES string of the molecule is CCNC(=NCCCCN(C)C(C)C)N1CCC(NC(=O)OC(C)(C)C)C1. The Morgan fingerprint density at radius 1 is 1.33 bits per heavy atom. The first-order valence-electron chi connectivity index (χ1n) is 10.4. The normalized spacial score (nSPS) is 18.3. The molecule has 7 nitrogen and oxygen atoms in total. The molecule has 7 heteroatoms. The lowest BCUT2D eigenvalue weighted by atomic mass is 10.2. The molecule has 1 rings (SSSR count). The van der Waals surface area contributed by atoms with Gasteiger partial charge in [-0.05, 0) is 74.4 Å². The Labute approximate surface area is 165 Å². The first-order valence-corrected chi connectivity index (χ1v) is 10.4. The van der Waals surface area contributed by atoms with E-state index in [4.69, 9.17) is 9.73 Å². The number of aliphatic imine (C=N–C) groups is 1. The number of carbonyl (C=O) groups is 1. The standard InChI is InChI=1S/C20H41N5O2/c1-8-21-18(22-12-9-10-13-24(7)16(2)3)25-14-11-17(15-25)23-19(26)27-20(4,5)6/h16-17H,8-15H2,1-7H3,(H,21,22)(H,23,26). The molecule has 0 bridgehead atoms. The minimum Gasteiger partial charge on any atom is -0.444 e. The van der Waals surface area contributed by atoms with Crippen LogP contribution >= 0.6 is 0 Å². The van der Waals surface area contributed by atoms with Crippen molar-refractivity contribution in [2.45, 2.75) is 78.5 Å². The number of hydrogen-bond donors (Lipinski definition) is 2. The summed E-state index contributed by atoms with van der Waals surface area (Å²) in [6, 6.07) is 0.688. The molecule has 1 aliphatic heterocycles. The molecular weight excluding hydrogens is 342 g/mol. The van der Waals surface area contributed by atoms with Gasteiger partial charge in [-0.1, -0.05) is 0 Å². The number of ether oxygens (including phenoxy) is 1. The van der Waals surface area contributed by atoms with Gasteiger partial charge in [-0.25, -0.2) is 4.79 Å². The molecule has 1 aliphatic rings. The van der Waals surface area contributed by atoms with Crippen molar-refractivity contribution >= 4 is 12.1 Å². The first kappa shape index (κ1) is 23.5. The monoisotopic (exact) mass is 383 g/mol. The number of unbranched alkanes of at least 4 members (excludes halogenated alkanes) is 1. The van der Waals surface area contributed by atoms with E-state index in [1.54, 1.807) is 0 Å². The van der Waals surface area contributed by atoms with Gasteiger partial charge < -0.3 is 25.2 Å². The van der Waals surface area contributed by atoms with Gasteiger partial charge in [0, 0.05) is 32.2 Å². The van der Waals surface area contributed by atoms with E-state index in [9.17, 15) is 4.79 Å². The molecule has 0 radical (unpaired) electrons. The van der Waals surface area contributed by atoms with Crippen molar-refractivity contribution in [3.05, 3.63) is 0 Å². The van der Waals surface area contributed by atoms with Crippen LogP contribution in [-0.4, -0.2) is 79.3 Å². The van der Waals surface area contributed by atoms with E-state index in [0.29, 0.717) is 6.04 Å². The van der Waals surface area contributed by atoms with Gasteiger partial charge in [0.25, 0.3) is 0 Å². The number of likely N-dealkylation sites (tertiary alicyclic amines) is 1. The van der Waals surface area contributed by atoms with E-state index in [2.05, 4.69) is 48.3 Å². The van der Waals surface area contributed by atoms with Gasteiger partial charge in [0.15, 0.2) is 5.96 Å². The number of nitrogens with one attached hydrogen (secondary N) is 2. The van der Waals surface area contributed by atoms with Crippen molar-refractivity contribution in [1.82, 2.24) is 20.4 Å². The van der Waals surface area contributed by atoms with Crippen LogP contribution in [0.1, 0.15) is 60.8 Å². The van der Waals surface area contributed by atoms with Gasteiger partial charge in [0.1, 0.15) is 5.60 Å². The first-order chi connectivity index (χ1) is 12.6. The third kappa shape index (κ3) is 9.84. The van der Waals surface area contributed by atoms with Crippen LogP contribution in [0.15, 0.2) is 4.99 Å². The fourth-order valence-corrected chi connectivity index (χ4v) is 2.89. The molecule has 0 aromatic carbocycles. The Hall–Kier alpha value is -1.50. The molecule has 1 amide bonds. The molecule has 27 heavy (non-hydrogen) atoms. The lowest BCUT2D eigenvalue weighted by Crippen LogP contribution is -2.44. The van der Waals surface area contributed by atoms with Crippen molar-refractivity contribution < 1.29 is 9.53 Å². The average molecular weight is 384 g/mol. The van der Waals surface area contributed by atoms with Gasteiger partial charge in [-0.3, -0.25) is 4.99 Å². The third-order valence-corrected chi connectivity index (χ3v) is 4.61. The van der Waals surface area contributed by atoms with E-state index < -0.39 is 5.60 Å². The molecule has 1 unspecified atom stereocenters. The van der Waals surface area contributed by atoms with Crippen LogP contribution in [0, 0.1) is 0 Å². The Bertz CT molecular complexity index is 473. The van der Waals surface area contributed by atoms with E-state index in [1.165, 1.54) is 0 Å². The lowest BCUT2D eigenvalue weighted by Gasteiger charge is -2.23.